The number of hydrogen-bond acceptors (Lipinski definition) is 3. The number of imide groups is 1. The third-order valence-electron chi connectivity index (χ3n) is 5.31. The maximum Gasteiger partial charge on any atom is 0.325 e. The van der Waals surface area contributed by atoms with Crippen LogP contribution in [0.1, 0.15) is 44.6 Å². The van der Waals surface area contributed by atoms with Crippen LogP contribution in [0.5, 0.6) is 0 Å². The SMILES string of the molecule is CCC(CNC(=O)CN1C(=O)NC(C)(C2CC2)C1=O)c1ccccc1. The second kappa shape index (κ2) is 6.86. The topological polar surface area (TPSA) is 78.5 Å². The number of carbonyl (C=O) groups is 3. The molecule has 1 aromatic carbocycles. The summed E-state index contributed by atoms with van der Waals surface area (Å²) in [5.41, 5.74) is 0.328. The minimum absolute atomic E-state index is 0.194. The van der Waals surface area contributed by atoms with Gasteiger partial charge in [-0.2, -0.15) is 0 Å². The van der Waals surface area contributed by atoms with Gasteiger partial charge in [0.1, 0.15) is 12.1 Å². The first-order valence-corrected chi connectivity index (χ1v) is 8.91. The minimum Gasteiger partial charge on any atom is -0.354 e. The zero-order valence-electron chi connectivity index (χ0n) is 14.7. The first-order chi connectivity index (χ1) is 12.0. The lowest BCUT2D eigenvalue weighted by Gasteiger charge is -2.21. The van der Waals surface area contributed by atoms with Crippen molar-refractivity contribution in [1.29, 1.82) is 0 Å². The Balaban J connectivity index is 1.55. The van der Waals surface area contributed by atoms with Crippen molar-refractivity contribution in [2.75, 3.05) is 13.1 Å². The molecule has 6 nitrogen and oxygen atoms in total. The molecule has 0 spiro atoms. The summed E-state index contributed by atoms with van der Waals surface area (Å²) in [5.74, 6) is -0.187. The van der Waals surface area contributed by atoms with Gasteiger partial charge in [0.2, 0.25) is 5.91 Å². The van der Waals surface area contributed by atoms with E-state index in [4.69, 9.17) is 0 Å². The predicted molar refractivity (Wildman–Crippen MR) is 93.9 cm³/mol. The van der Waals surface area contributed by atoms with Crippen LogP contribution >= 0.6 is 0 Å². The molecule has 1 aliphatic heterocycles. The Morgan fingerprint density at radius 1 is 1.32 bits per heavy atom. The number of nitrogens with one attached hydrogen (secondary N) is 2. The summed E-state index contributed by atoms with van der Waals surface area (Å²) >= 11 is 0. The molecule has 2 unspecified atom stereocenters. The Kier molecular flexibility index (Phi) is 4.79. The van der Waals surface area contributed by atoms with E-state index in [0.29, 0.717) is 6.54 Å². The Bertz CT molecular complexity index is 672. The summed E-state index contributed by atoms with van der Waals surface area (Å²) in [4.78, 5) is 37.9. The molecule has 0 radical (unpaired) electrons. The van der Waals surface area contributed by atoms with Crippen molar-refractivity contribution in [3.8, 4) is 0 Å². The van der Waals surface area contributed by atoms with E-state index in [1.807, 2.05) is 30.3 Å². The van der Waals surface area contributed by atoms with Crippen molar-refractivity contribution in [3.05, 3.63) is 35.9 Å². The lowest BCUT2D eigenvalue weighted by atomic mass is 9.96. The van der Waals surface area contributed by atoms with Crippen molar-refractivity contribution < 1.29 is 14.4 Å². The lowest BCUT2D eigenvalue weighted by Crippen LogP contribution is -2.47. The average Bonchev–Trinajstić information content (AvgIpc) is 3.43. The normalized spacial score (nSPS) is 24.2. The first-order valence-electron chi connectivity index (χ1n) is 8.91. The maximum absolute atomic E-state index is 12.5. The molecule has 0 bridgehead atoms. The van der Waals surface area contributed by atoms with E-state index in [1.54, 1.807) is 6.92 Å². The quantitative estimate of drug-likeness (QED) is 0.744. The molecule has 1 saturated heterocycles. The Hall–Kier alpha value is -2.37. The fraction of sp³-hybridized carbons (Fsp3) is 0.526. The van der Waals surface area contributed by atoms with Crippen LogP contribution in [0.4, 0.5) is 4.79 Å². The van der Waals surface area contributed by atoms with Gasteiger partial charge in [0.15, 0.2) is 0 Å². The highest BCUT2D eigenvalue weighted by Crippen LogP contribution is 2.42. The Morgan fingerprint density at radius 2 is 2.00 bits per heavy atom. The number of urea groups is 1. The van der Waals surface area contributed by atoms with Gasteiger partial charge in [0, 0.05) is 12.5 Å². The van der Waals surface area contributed by atoms with Crippen LogP contribution in [0.3, 0.4) is 0 Å². The van der Waals surface area contributed by atoms with Crippen LogP contribution in [0, 0.1) is 5.92 Å². The molecule has 2 N–H and O–H groups in total. The van der Waals surface area contributed by atoms with E-state index in [2.05, 4.69) is 17.6 Å². The van der Waals surface area contributed by atoms with E-state index in [9.17, 15) is 14.4 Å². The van der Waals surface area contributed by atoms with Gasteiger partial charge in [-0.05, 0) is 37.7 Å². The summed E-state index contributed by atoms with van der Waals surface area (Å²) in [6, 6.07) is 9.53. The molecule has 134 valence electrons. The average molecular weight is 343 g/mol. The second-order valence-corrected chi connectivity index (χ2v) is 7.12. The number of amides is 4. The molecular weight excluding hydrogens is 318 g/mol. The predicted octanol–water partition coefficient (Wildman–Crippen LogP) is 2.02. The number of carbonyl (C=O) groups excluding carboxylic acids is 3. The van der Waals surface area contributed by atoms with Crippen molar-refractivity contribution in [3.63, 3.8) is 0 Å². The number of hydrogen-bond donors (Lipinski definition) is 2. The van der Waals surface area contributed by atoms with Crippen LogP contribution in [0.2, 0.25) is 0 Å². The van der Waals surface area contributed by atoms with Gasteiger partial charge in [-0.15, -0.1) is 0 Å². The molecule has 25 heavy (non-hydrogen) atoms. The van der Waals surface area contributed by atoms with Crippen molar-refractivity contribution >= 4 is 17.8 Å². The highest BCUT2D eigenvalue weighted by atomic mass is 16.2. The van der Waals surface area contributed by atoms with E-state index >= 15 is 0 Å². The molecule has 2 atom stereocenters. The van der Waals surface area contributed by atoms with Crippen LogP contribution in [0.15, 0.2) is 30.3 Å². The molecule has 2 aliphatic rings. The molecule has 6 heteroatoms. The monoisotopic (exact) mass is 343 g/mol. The van der Waals surface area contributed by atoms with Gasteiger partial charge in [-0.1, -0.05) is 37.3 Å². The Morgan fingerprint density at radius 3 is 2.60 bits per heavy atom. The molecule has 1 aromatic rings. The summed E-state index contributed by atoms with van der Waals surface area (Å²) in [5, 5.41) is 5.62. The van der Waals surface area contributed by atoms with E-state index in [-0.39, 0.29) is 30.2 Å². The zero-order chi connectivity index (χ0) is 18.0. The molecule has 1 aliphatic carbocycles. The summed E-state index contributed by atoms with van der Waals surface area (Å²) in [6.07, 6.45) is 2.78. The van der Waals surface area contributed by atoms with Gasteiger partial charge >= 0.3 is 6.03 Å². The molecule has 3 rings (SSSR count). The van der Waals surface area contributed by atoms with Crippen LogP contribution in [0.25, 0.3) is 0 Å². The maximum atomic E-state index is 12.5. The number of benzene rings is 1. The molecule has 2 fully saturated rings. The molecule has 0 aromatic heterocycles. The van der Waals surface area contributed by atoms with Gasteiger partial charge in [-0.3, -0.25) is 14.5 Å². The number of rotatable bonds is 7. The molecule has 1 saturated carbocycles. The third kappa shape index (κ3) is 3.52. The highest BCUT2D eigenvalue weighted by molar-refractivity contribution is 6.09. The van der Waals surface area contributed by atoms with Gasteiger partial charge < -0.3 is 10.6 Å². The van der Waals surface area contributed by atoms with Gasteiger partial charge in [0.25, 0.3) is 5.91 Å². The highest BCUT2D eigenvalue weighted by Gasteiger charge is 2.56. The largest absolute Gasteiger partial charge is 0.354 e. The fourth-order valence-electron chi connectivity index (χ4n) is 3.46. The second-order valence-electron chi connectivity index (χ2n) is 7.12. The number of nitrogens with zero attached hydrogens (tertiary/aromatic N) is 1. The smallest absolute Gasteiger partial charge is 0.325 e. The van der Waals surface area contributed by atoms with Gasteiger partial charge in [-0.25, -0.2) is 4.79 Å². The first kappa shape index (κ1) is 17.5. The molecule has 1 heterocycles. The third-order valence-corrected chi connectivity index (χ3v) is 5.31. The lowest BCUT2D eigenvalue weighted by molar-refractivity contribution is -0.135. The fourth-order valence-corrected chi connectivity index (χ4v) is 3.46. The minimum atomic E-state index is -0.840. The van der Waals surface area contributed by atoms with Crippen molar-refractivity contribution in [1.82, 2.24) is 15.5 Å². The Labute approximate surface area is 148 Å². The summed E-state index contributed by atoms with van der Waals surface area (Å²) in [6.45, 7) is 4.09. The van der Waals surface area contributed by atoms with E-state index in [1.165, 1.54) is 5.56 Å². The van der Waals surface area contributed by atoms with E-state index < -0.39 is 11.6 Å². The van der Waals surface area contributed by atoms with E-state index in [0.717, 1.165) is 24.2 Å². The van der Waals surface area contributed by atoms with Gasteiger partial charge in [0.05, 0.1) is 0 Å². The van der Waals surface area contributed by atoms with Crippen LogP contribution < -0.4 is 10.6 Å². The van der Waals surface area contributed by atoms with Crippen molar-refractivity contribution in [2.45, 2.75) is 44.6 Å². The van der Waals surface area contributed by atoms with Crippen LogP contribution in [-0.2, 0) is 9.59 Å². The standard InChI is InChI=1S/C19H25N3O3/c1-3-13(14-7-5-4-6-8-14)11-20-16(23)12-22-17(24)19(2,15-9-10-15)21-18(22)25/h4-8,13,15H,3,9-12H2,1-2H3,(H,20,23)(H,21,25). The molecule has 4 amide bonds. The summed E-state index contributed by atoms with van der Waals surface area (Å²) < 4.78 is 0. The zero-order valence-corrected chi connectivity index (χ0v) is 14.7. The molecular formula is C19H25N3O3. The van der Waals surface area contributed by atoms with Crippen molar-refractivity contribution in [2.24, 2.45) is 5.92 Å². The van der Waals surface area contributed by atoms with Crippen LogP contribution in [-0.4, -0.2) is 41.4 Å². The summed E-state index contributed by atoms with van der Waals surface area (Å²) in [7, 11) is 0.